The lowest BCUT2D eigenvalue weighted by Crippen LogP contribution is -2.32. The summed E-state index contributed by atoms with van der Waals surface area (Å²) < 4.78 is 18.9. The molecule has 2 aromatic carbocycles. The largest absolute Gasteiger partial charge is 0.493 e. The molecule has 7 heteroatoms. The van der Waals surface area contributed by atoms with Gasteiger partial charge in [-0.25, -0.2) is 0 Å². The lowest BCUT2D eigenvalue weighted by molar-refractivity contribution is -0.117. The highest BCUT2D eigenvalue weighted by Crippen LogP contribution is 2.27. The van der Waals surface area contributed by atoms with Crippen LogP contribution < -0.4 is 14.8 Å². The van der Waals surface area contributed by atoms with Crippen LogP contribution in [0.2, 0.25) is 0 Å². The Morgan fingerprint density at radius 3 is 2.79 bits per heavy atom. The van der Waals surface area contributed by atoms with Crippen molar-refractivity contribution in [3.63, 3.8) is 0 Å². The molecule has 3 aromatic rings. The molecule has 1 aromatic heterocycles. The molecule has 1 aliphatic heterocycles. The molecule has 1 N–H and O–H groups in total. The van der Waals surface area contributed by atoms with Crippen molar-refractivity contribution in [1.29, 1.82) is 5.26 Å². The number of aromatic nitrogens is 1. The maximum atomic E-state index is 12.6. The predicted octanol–water partition coefficient (Wildman–Crippen LogP) is 3.93. The highest BCUT2D eigenvalue weighted by molar-refractivity contribution is 6.04. The van der Waals surface area contributed by atoms with Gasteiger partial charge in [-0.1, -0.05) is 30.3 Å². The highest BCUT2D eigenvalue weighted by atomic mass is 16.5. The normalized spacial score (nSPS) is 15.9. The summed E-state index contributed by atoms with van der Waals surface area (Å²) >= 11 is 0. The SMILES string of the molecule is COc1ccccc1OCCn1cc(/C=C(\C#N)C(=O)NC[C@H]2CCCO2)c2ccccc21. The number of fused-ring (bicyclic) bond motifs is 1. The van der Waals surface area contributed by atoms with E-state index in [0.29, 0.717) is 31.2 Å². The molecule has 1 amide bonds. The summed E-state index contributed by atoms with van der Waals surface area (Å²) in [5, 5.41) is 13.4. The summed E-state index contributed by atoms with van der Waals surface area (Å²) in [5.41, 5.74) is 1.89. The number of carbonyl (C=O) groups excluding carboxylic acids is 1. The van der Waals surface area contributed by atoms with Crippen molar-refractivity contribution in [1.82, 2.24) is 9.88 Å². The first-order valence-corrected chi connectivity index (χ1v) is 11.0. The number of ether oxygens (including phenoxy) is 3. The van der Waals surface area contributed by atoms with Crippen LogP contribution in [-0.2, 0) is 16.1 Å². The molecule has 170 valence electrons. The summed E-state index contributed by atoms with van der Waals surface area (Å²) in [6.45, 7) is 2.18. The zero-order chi connectivity index (χ0) is 23.0. The third kappa shape index (κ3) is 5.36. The zero-order valence-electron chi connectivity index (χ0n) is 18.6. The van der Waals surface area contributed by atoms with Crippen molar-refractivity contribution in [2.75, 3.05) is 26.9 Å². The first-order valence-electron chi connectivity index (χ1n) is 11.0. The summed E-state index contributed by atoms with van der Waals surface area (Å²) in [7, 11) is 1.62. The van der Waals surface area contributed by atoms with E-state index in [-0.39, 0.29) is 17.6 Å². The van der Waals surface area contributed by atoms with Crippen LogP contribution >= 0.6 is 0 Å². The molecule has 0 bridgehead atoms. The van der Waals surface area contributed by atoms with Gasteiger partial charge in [0.2, 0.25) is 0 Å². The second-order valence-corrected chi connectivity index (χ2v) is 7.81. The molecule has 1 fully saturated rings. The van der Waals surface area contributed by atoms with E-state index in [2.05, 4.69) is 9.88 Å². The minimum atomic E-state index is -0.385. The average molecular weight is 446 g/mol. The number of hydrogen-bond acceptors (Lipinski definition) is 5. The van der Waals surface area contributed by atoms with Crippen LogP contribution in [0.15, 0.2) is 60.3 Å². The number of carbonyl (C=O) groups is 1. The van der Waals surface area contributed by atoms with Gasteiger partial charge < -0.3 is 24.1 Å². The van der Waals surface area contributed by atoms with Crippen molar-refractivity contribution in [3.8, 4) is 17.6 Å². The zero-order valence-corrected chi connectivity index (χ0v) is 18.6. The molecular weight excluding hydrogens is 418 g/mol. The Balaban J connectivity index is 1.49. The Bertz CT molecular complexity index is 1190. The van der Waals surface area contributed by atoms with Gasteiger partial charge in [0.05, 0.1) is 19.8 Å². The number of nitriles is 1. The Kier molecular flexibility index (Phi) is 7.28. The van der Waals surface area contributed by atoms with Crippen molar-refractivity contribution in [2.24, 2.45) is 0 Å². The van der Waals surface area contributed by atoms with Crippen molar-refractivity contribution >= 4 is 22.9 Å². The van der Waals surface area contributed by atoms with Gasteiger partial charge in [-0.05, 0) is 37.1 Å². The number of nitrogens with one attached hydrogen (secondary N) is 1. The number of methoxy groups -OCH3 is 1. The van der Waals surface area contributed by atoms with Gasteiger partial charge in [0.1, 0.15) is 18.2 Å². The molecule has 7 nitrogen and oxygen atoms in total. The van der Waals surface area contributed by atoms with Crippen LogP contribution in [0.5, 0.6) is 11.5 Å². The second-order valence-electron chi connectivity index (χ2n) is 7.81. The van der Waals surface area contributed by atoms with E-state index in [4.69, 9.17) is 14.2 Å². The van der Waals surface area contributed by atoms with E-state index in [1.807, 2.05) is 60.8 Å². The van der Waals surface area contributed by atoms with E-state index in [1.165, 1.54) is 0 Å². The summed E-state index contributed by atoms with van der Waals surface area (Å²) in [6, 6.07) is 17.5. The van der Waals surface area contributed by atoms with E-state index < -0.39 is 0 Å². The molecule has 2 heterocycles. The number of hydrogen-bond donors (Lipinski definition) is 1. The fourth-order valence-electron chi connectivity index (χ4n) is 3.98. The first-order chi connectivity index (χ1) is 16.2. The number of nitrogens with zero attached hydrogens (tertiary/aromatic N) is 2. The van der Waals surface area contributed by atoms with E-state index in [0.717, 1.165) is 35.9 Å². The number of rotatable bonds is 9. The van der Waals surface area contributed by atoms with Gasteiger partial charge in [-0.15, -0.1) is 0 Å². The standard InChI is InChI=1S/C26H27N3O4/c1-31-24-10-4-5-11-25(24)33-14-12-29-18-20(22-8-2-3-9-23(22)29)15-19(16-27)26(30)28-17-21-7-6-13-32-21/h2-5,8-11,15,18,21H,6-7,12-14,17H2,1H3,(H,28,30)/b19-15+/t21-/m1/s1. The molecule has 0 unspecified atom stereocenters. The topological polar surface area (TPSA) is 85.5 Å². The smallest absolute Gasteiger partial charge is 0.262 e. The Morgan fingerprint density at radius 2 is 2.03 bits per heavy atom. The highest BCUT2D eigenvalue weighted by Gasteiger charge is 2.18. The average Bonchev–Trinajstić information content (AvgIpc) is 3.50. The minimum Gasteiger partial charge on any atom is -0.493 e. The van der Waals surface area contributed by atoms with Crippen LogP contribution in [-0.4, -0.2) is 43.4 Å². The Morgan fingerprint density at radius 1 is 1.24 bits per heavy atom. The molecule has 0 saturated carbocycles. The third-order valence-corrected chi connectivity index (χ3v) is 5.66. The van der Waals surface area contributed by atoms with Crippen LogP contribution in [0.1, 0.15) is 18.4 Å². The van der Waals surface area contributed by atoms with E-state index in [9.17, 15) is 10.1 Å². The Labute approximate surface area is 193 Å². The third-order valence-electron chi connectivity index (χ3n) is 5.66. The van der Waals surface area contributed by atoms with Crippen LogP contribution in [0, 0.1) is 11.3 Å². The lowest BCUT2D eigenvalue weighted by atomic mass is 10.1. The molecule has 1 aliphatic rings. The monoisotopic (exact) mass is 445 g/mol. The predicted molar refractivity (Wildman–Crippen MR) is 126 cm³/mol. The maximum Gasteiger partial charge on any atom is 0.262 e. The fourth-order valence-corrected chi connectivity index (χ4v) is 3.98. The molecule has 0 aliphatic carbocycles. The quantitative estimate of drug-likeness (QED) is 0.398. The number of para-hydroxylation sites is 3. The van der Waals surface area contributed by atoms with Gasteiger partial charge in [0, 0.05) is 35.8 Å². The van der Waals surface area contributed by atoms with Gasteiger partial charge in [0.15, 0.2) is 11.5 Å². The van der Waals surface area contributed by atoms with Crippen LogP contribution in [0.25, 0.3) is 17.0 Å². The van der Waals surface area contributed by atoms with E-state index in [1.54, 1.807) is 13.2 Å². The van der Waals surface area contributed by atoms with Gasteiger partial charge in [-0.2, -0.15) is 5.26 Å². The van der Waals surface area contributed by atoms with Crippen LogP contribution in [0.3, 0.4) is 0 Å². The van der Waals surface area contributed by atoms with Gasteiger partial charge in [-0.3, -0.25) is 4.79 Å². The summed E-state index contributed by atoms with van der Waals surface area (Å²) in [5.74, 6) is 0.988. The molecule has 1 atom stereocenters. The fraction of sp³-hybridized carbons (Fsp3) is 0.308. The van der Waals surface area contributed by atoms with Crippen LogP contribution in [0.4, 0.5) is 0 Å². The lowest BCUT2D eigenvalue weighted by Gasteiger charge is -2.11. The summed E-state index contributed by atoms with van der Waals surface area (Å²) in [6.07, 6.45) is 5.54. The maximum absolute atomic E-state index is 12.6. The molecule has 33 heavy (non-hydrogen) atoms. The molecule has 0 spiro atoms. The number of amides is 1. The van der Waals surface area contributed by atoms with Crippen molar-refractivity contribution in [2.45, 2.75) is 25.5 Å². The van der Waals surface area contributed by atoms with E-state index >= 15 is 0 Å². The van der Waals surface area contributed by atoms with Crippen molar-refractivity contribution in [3.05, 3.63) is 65.9 Å². The molecular formula is C26H27N3O4. The molecule has 0 radical (unpaired) electrons. The first kappa shape index (κ1) is 22.4. The second kappa shape index (κ2) is 10.7. The van der Waals surface area contributed by atoms with Crippen molar-refractivity contribution < 1.29 is 19.0 Å². The molecule has 1 saturated heterocycles. The molecule has 4 rings (SSSR count). The van der Waals surface area contributed by atoms with Gasteiger partial charge >= 0.3 is 0 Å². The minimum absolute atomic E-state index is 0.0269. The number of benzene rings is 2. The van der Waals surface area contributed by atoms with Gasteiger partial charge in [0.25, 0.3) is 5.91 Å². The summed E-state index contributed by atoms with van der Waals surface area (Å²) in [4.78, 5) is 12.6. The Hall–Kier alpha value is -3.76.